The molecule has 0 heterocycles. The van der Waals surface area contributed by atoms with Crippen LogP contribution < -0.4 is 15.2 Å². The molecule has 5 heteroatoms. The number of nitrogens with one attached hydrogen (secondary N) is 1. The highest BCUT2D eigenvalue weighted by molar-refractivity contribution is 5.95. The number of amides is 1. The van der Waals surface area contributed by atoms with Crippen LogP contribution in [0.5, 0.6) is 5.75 Å². The zero-order chi connectivity index (χ0) is 18.4. The summed E-state index contributed by atoms with van der Waals surface area (Å²) in [6.45, 7) is 0.453. The molecule has 0 fully saturated rings. The molecule has 26 heavy (non-hydrogen) atoms. The van der Waals surface area contributed by atoms with Crippen LogP contribution in [0, 0.1) is 5.82 Å². The van der Waals surface area contributed by atoms with Crippen molar-refractivity contribution in [3.8, 4) is 5.75 Å². The lowest BCUT2D eigenvalue weighted by atomic mass is 10.2. The average Bonchev–Trinajstić information content (AvgIpc) is 2.68. The summed E-state index contributed by atoms with van der Waals surface area (Å²) in [7, 11) is 1.45. The van der Waals surface area contributed by atoms with E-state index >= 15 is 0 Å². The second-order valence-electron chi connectivity index (χ2n) is 5.69. The number of hydrogen-bond donors (Lipinski definition) is 1. The van der Waals surface area contributed by atoms with Gasteiger partial charge in [-0.15, -0.1) is 0 Å². The van der Waals surface area contributed by atoms with Crippen molar-refractivity contribution in [1.82, 2.24) is 5.43 Å². The highest BCUT2D eigenvalue weighted by Crippen LogP contribution is 2.18. The molecule has 0 atom stereocenters. The molecule has 0 radical (unpaired) electrons. The Morgan fingerprint density at radius 2 is 1.65 bits per heavy atom. The fourth-order valence-corrected chi connectivity index (χ4v) is 2.56. The van der Waals surface area contributed by atoms with Gasteiger partial charge in [-0.05, 0) is 29.8 Å². The quantitative estimate of drug-likeness (QED) is 0.678. The topological polar surface area (TPSA) is 41.6 Å². The number of anilines is 1. The lowest BCUT2D eigenvalue weighted by Crippen LogP contribution is -2.42. The molecule has 0 aromatic heterocycles. The number of methoxy groups -OCH3 is 1. The molecule has 0 aliphatic heterocycles. The predicted molar refractivity (Wildman–Crippen MR) is 99.5 cm³/mol. The number of hydrazine groups is 1. The van der Waals surface area contributed by atoms with Crippen molar-refractivity contribution in [2.75, 3.05) is 12.1 Å². The molecular formula is C21H19FN2O2. The maximum absolute atomic E-state index is 14.2. The largest absolute Gasteiger partial charge is 0.497 e. The molecule has 4 nitrogen and oxygen atoms in total. The van der Waals surface area contributed by atoms with Crippen LogP contribution in [0.25, 0.3) is 0 Å². The zero-order valence-electron chi connectivity index (χ0n) is 14.4. The summed E-state index contributed by atoms with van der Waals surface area (Å²) < 4.78 is 19.2. The molecule has 0 saturated heterocycles. The summed E-state index contributed by atoms with van der Waals surface area (Å²) in [6, 6.07) is 23.3. The van der Waals surface area contributed by atoms with Gasteiger partial charge in [-0.1, -0.05) is 48.5 Å². The minimum atomic E-state index is -0.630. The number of para-hydroxylation sites is 1. The van der Waals surface area contributed by atoms with Gasteiger partial charge in [0.1, 0.15) is 11.6 Å². The molecule has 0 spiro atoms. The number of benzene rings is 3. The fourth-order valence-electron chi connectivity index (χ4n) is 2.56. The standard InChI is InChI=1S/C21H19FN2O2/c1-26-18-12-13-19(20(22)14-18)21(25)23-24(17-10-6-3-7-11-17)15-16-8-4-2-5-9-16/h2-14H,15H2,1H3,(H,23,25). The van der Waals surface area contributed by atoms with E-state index in [4.69, 9.17) is 4.74 Å². The first-order valence-corrected chi connectivity index (χ1v) is 8.18. The number of halogens is 1. The van der Waals surface area contributed by atoms with E-state index in [0.29, 0.717) is 12.3 Å². The SMILES string of the molecule is COc1ccc(C(=O)NN(Cc2ccccc2)c2ccccc2)c(F)c1. The van der Waals surface area contributed by atoms with Gasteiger partial charge in [0.05, 0.1) is 24.9 Å². The van der Waals surface area contributed by atoms with Gasteiger partial charge in [-0.25, -0.2) is 4.39 Å². The first kappa shape index (κ1) is 17.5. The molecule has 0 aliphatic rings. The third kappa shape index (κ3) is 4.19. The van der Waals surface area contributed by atoms with Crippen molar-refractivity contribution in [2.45, 2.75) is 6.54 Å². The van der Waals surface area contributed by atoms with E-state index in [9.17, 15) is 9.18 Å². The van der Waals surface area contributed by atoms with E-state index in [0.717, 1.165) is 11.3 Å². The van der Waals surface area contributed by atoms with Crippen molar-refractivity contribution in [1.29, 1.82) is 0 Å². The summed E-state index contributed by atoms with van der Waals surface area (Å²) in [5, 5.41) is 1.70. The van der Waals surface area contributed by atoms with Gasteiger partial charge in [0.25, 0.3) is 5.91 Å². The molecular weight excluding hydrogens is 331 g/mol. The minimum absolute atomic E-state index is 0.0419. The molecule has 132 valence electrons. The van der Waals surface area contributed by atoms with Crippen molar-refractivity contribution in [3.63, 3.8) is 0 Å². The minimum Gasteiger partial charge on any atom is -0.497 e. The van der Waals surface area contributed by atoms with Gasteiger partial charge in [0.15, 0.2) is 0 Å². The maximum Gasteiger partial charge on any atom is 0.272 e. The Kier molecular flexibility index (Phi) is 5.49. The van der Waals surface area contributed by atoms with Crippen molar-refractivity contribution in [3.05, 3.63) is 95.8 Å². The van der Waals surface area contributed by atoms with Gasteiger partial charge >= 0.3 is 0 Å². The van der Waals surface area contributed by atoms with Gasteiger partial charge < -0.3 is 4.74 Å². The van der Waals surface area contributed by atoms with Crippen LogP contribution in [-0.2, 0) is 6.54 Å². The molecule has 3 aromatic carbocycles. The molecule has 0 unspecified atom stereocenters. The molecule has 0 bridgehead atoms. The summed E-state index contributed by atoms with van der Waals surface area (Å²) in [5.41, 5.74) is 4.57. The number of rotatable bonds is 6. The molecule has 3 aromatic rings. The lowest BCUT2D eigenvalue weighted by Gasteiger charge is -2.25. The van der Waals surface area contributed by atoms with Crippen LogP contribution in [0.15, 0.2) is 78.9 Å². The second kappa shape index (κ2) is 8.16. The first-order valence-electron chi connectivity index (χ1n) is 8.18. The molecule has 0 saturated carbocycles. The zero-order valence-corrected chi connectivity index (χ0v) is 14.4. The molecule has 1 amide bonds. The Balaban J connectivity index is 1.84. The van der Waals surface area contributed by atoms with Crippen molar-refractivity contribution < 1.29 is 13.9 Å². The Labute approximate surface area is 151 Å². The monoisotopic (exact) mass is 350 g/mol. The molecule has 3 rings (SSSR count). The van der Waals surface area contributed by atoms with Crippen molar-refractivity contribution >= 4 is 11.6 Å². The third-order valence-corrected chi connectivity index (χ3v) is 3.91. The van der Waals surface area contributed by atoms with E-state index in [1.807, 2.05) is 60.7 Å². The summed E-state index contributed by atoms with van der Waals surface area (Å²) >= 11 is 0. The first-order chi connectivity index (χ1) is 12.7. The van der Waals surface area contributed by atoms with Gasteiger partial charge in [0, 0.05) is 6.07 Å². The van der Waals surface area contributed by atoms with Crippen LogP contribution in [0.2, 0.25) is 0 Å². The van der Waals surface area contributed by atoms with Gasteiger partial charge in [-0.3, -0.25) is 15.2 Å². The van der Waals surface area contributed by atoms with Crippen LogP contribution in [0.4, 0.5) is 10.1 Å². The smallest absolute Gasteiger partial charge is 0.272 e. The lowest BCUT2D eigenvalue weighted by molar-refractivity contribution is 0.0944. The summed E-state index contributed by atoms with van der Waals surface area (Å²) in [6.07, 6.45) is 0. The summed E-state index contributed by atoms with van der Waals surface area (Å²) in [4.78, 5) is 12.6. The Morgan fingerprint density at radius 3 is 2.27 bits per heavy atom. The number of hydrogen-bond acceptors (Lipinski definition) is 3. The van der Waals surface area contributed by atoms with Crippen LogP contribution in [0.3, 0.4) is 0 Å². The van der Waals surface area contributed by atoms with Crippen LogP contribution in [-0.4, -0.2) is 13.0 Å². The third-order valence-electron chi connectivity index (χ3n) is 3.91. The number of nitrogens with zero attached hydrogens (tertiary/aromatic N) is 1. The van der Waals surface area contributed by atoms with Crippen LogP contribution in [0.1, 0.15) is 15.9 Å². The number of carbonyl (C=O) groups is 1. The molecule has 1 N–H and O–H groups in total. The van der Waals surface area contributed by atoms with E-state index in [2.05, 4.69) is 5.43 Å². The normalized spacial score (nSPS) is 10.2. The number of carbonyl (C=O) groups excluding carboxylic acids is 1. The highest BCUT2D eigenvalue weighted by atomic mass is 19.1. The molecule has 0 aliphatic carbocycles. The van der Waals surface area contributed by atoms with E-state index in [1.165, 1.54) is 19.2 Å². The maximum atomic E-state index is 14.2. The fraction of sp³-hybridized carbons (Fsp3) is 0.0952. The van der Waals surface area contributed by atoms with Crippen molar-refractivity contribution in [2.24, 2.45) is 0 Å². The van der Waals surface area contributed by atoms with Gasteiger partial charge in [-0.2, -0.15) is 0 Å². The average molecular weight is 350 g/mol. The second-order valence-corrected chi connectivity index (χ2v) is 5.69. The van der Waals surface area contributed by atoms with E-state index < -0.39 is 11.7 Å². The Bertz CT molecular complexity index is 870. The Morgan fingerprint density at radius 1 is 1.00 bits per heavy atom. The number of ether oxygens (including phenoxy) is 1. The summed E-state index contributed by atoms with van der Waals surface area (Å²) in [5.74, 6) is -0.789. The predicted octanol–water partition coefficient (Wildman–Crippen LogP) is 4.19. The Hall–Kier alpha value is -3.34. The van der Waals surface area contributed by atoms with E-state index in [-0.39, 0.29) is 5.56 Å². The highest BCUT2D eigenvalue weighted by Gasteiger charge is 2.16. The van der Waals surface area contributed by atoms with Gasteiger partial charge in [0.2, 0.25) is 0 Å². The van der Waals surface area contributed by atoms with E-state index in [1.54, 1.807) is 11.1 Å². The van der Waals surface area contributed by atoms with Crippen LogP contribution >= 0.6 is 0 Å².